The van der Waals surface area contributed by atoms with Crippen LogP contribution >= 0.6 is 0 Å². The Hall–Kier alpha value is -2.89. The van der Waals surface area contributed by atoms with E-state index < -0.39 is 10.9 Å². The van der Waals surface area contributed by atoms with Crippen LogP contribution in [0.1, 0.15) is 146 Å². The summed E-state index contributed by atoms with van der Waals surface area (Å²) in [6.45, 7) is 2.74. The maximum Gasteiger partial charge on any atom is 0.335 e. The number of nitro groups is 1. The molecule has 0 aromatic heterocycles. The van der Waals surface area contributed by atoms with Crippen molar-refractivity contribution in [3.63, 3.8) is 0 Å². The first-order chi connectivity index (χ1) is 20.0. The highest BCUT2D eigenvalue weighted by Crippen LogP contribution is 2.32. The third-order valence-corrected chi connectivity index (χ3v) is 7.88. The average molecular weight is 568 g/mol. The molecule has 0 saturated carbocycles. The molecule has 6 heteroatoms. The van der Waals surface area contributed by atoms with Crippen molar-refractivity contribution in [3.05, 3.63) is 58.1 Å². The Morgan fingerprint density at radius 2 is 1.07 bits per heavy atom. The molecule has 0 radical (unpaired) electrons. The molecule has 2 aromatic rings. The first kappa shape index (κ1) is 34.3. The van der Waals surface area contributed by atoms with Crippen LogP contribution in [0.5, 0.6) is 5.75 Å². The quantitative estimate of drug-likeness (QED) is 0.0732. The minimum absolute atomic E-state index is 0.0713. The van der Waals surface area contributed by atoms with E-state index in [2.05, 4.69) is 6.92 Å². The van der Waals surface area contributed by atoms with E-state index in [-0.39, 0.29) is 17.0 Å². The number of carboxylic acid groups (broad SMARTS) is 1. The lowest BCUT2D eigenvalue weighted by molar-refractivity contribution is -0.385. The summed E-state index contributed by atoms with van der Waals surface area (Å²) in [5, 5.41) is 20.7. The average Bonchev–Trinajstić information content (AvgIpc) is 2.98. The van der Waals surface area contributed by atoms with Gasteiger partial charge in [0.15, 0.2) is 5.75 Å². The third-order valence-electron chi connectivity index (χ3n) is 7.88. The lowest BCUT2D eigenvalue weighted by atomic mass is 10.0. The number of unbranched alkanes of at least 4 members (excludes halogenated alkanes) is 19. The van der Waals surface area contributed by atoms with Gasteiger partial charge >= 0.3 is 11.7 Å². The molecule has 0 fully saturated rings. The standard InChI is InChI=1S/C35H53NO5/c1-2-3-4-5-6-7-8-9-10-11-12-13-14-15-16-17-18-19-20-21-28-41-34-27-26-32(29-33(34)36(39)40)30-22-24-31(25-23-30)35(37)38/h22-27,29H,2-21,28H2,1H3,(H,37,38). The summed E-state index contributed by atoms with van der Waals surface area (Å²) in [4.78, 5) is 22.2. The van der Waals surface area contributed by atoms with E-state index >= 15 is 0 Å². The second kappa shape index (κ2) is 21.8. The number of nitrogens with zero attached hydrogens (tertiary/aromatic N) is 1. The van der Waals surface area contributed by atoms with Gasteiger partial charge in [0, 0.05) is 6.07 Å². The maximum atomic E-state index is 11.6. The van der Waals surface area contributed by atoms with Crippen molar-refractivity contribution in [1.29, 1.82) is 0 Å². The second-order valence-corrected chi connectivity index (χ2v) is 11.4. The number of hydrogen-bond acceptors (Lipinski definition) is 4. The predicted octanol–water partition coefficient (Wildman–Crippen LogP) is 11.2. The van der Waals surface area contributed by atoms with Gasteiger partial charge in [-0.25, -0.2) is 4.79 Å². The zero-order valence-electron chi connectivity index (χ0n) is 25.4. The summed E-state index contributed by atoms with van der Waals surface area (Å²) in [5.41, 5.74) is 1.48. The highest BCUT2D eigenvalue weighted by molar-refractivity contribution is 5.88. The molecule has 0 saturated heterocycles. The van der Waals surface area contributed by atoms with Crippen LogP contribution in [0, 0.1) is 10.1 Å². The Morgan fingerprint density at radius 1 is 0.659 bits per heavy atom. The molecule has 0 aliphatic carbocycles. The predicted molar refractivity (Wildman–Crippen MR) is 169 cm³/mol. The SMILES string of the molecule is CCCCCCCCCCCCCCCCCCCCCCOc1ccc(-c2ccc(C(=O)O)cc2)cc1[N+](=O)[O-]. The molecule has 2 rings (SSSR count). The van der Waals surface area contributed by atoms with E-state index in [1.165, 1.54) is 134 Å². The normalized spacial score (nSPS) is 11.0. The molecule has 0 heterocycles. The van der Waals surface area contributed by atoms with Crippen LogP contribution in [0.3, 0.4) is 0 Å². The van der Waals surface area contributed by atoms with Crippen LogP contribution in [0.25, 0.3) is 11.1 Å². The van der Waals surface area contributed by atoms with Crippen LogP contribution in [-0.2, 0) is 0 Å². The minimum Gasteiger partial charge on any atom is -0.487 e. The van der Waals surface area contributed by atoms with Gasteiger partial charge in [-0.15, -0.1) is 0 Å². The molecule has 0 atom stereocenters. The molecular formula is C35H53NO5. The fourth-order valence-corrected chi connectivity index (χ4v) is 5.31. The number of aromatic carboxylic acids is 1. The first-order valence-corrected chi connectivity index (χ1v) is 16.3. The van der Waals surface area contributed by atoms with Crippen LogP contribution in [0.15, 0.2) is 42.5 Å². The van der Waals surface area contributed by atoms with Crippen LogP contribution < -0.4 is 4.74 Å². The molecule has 41 heavy (non-hydrogen) atoms. The Labute approximate surface area is 248 Å². The molecule has 0 spiro atoms. The molecule has 0 aliphatic rings. The lowest BCUT2D eigenvalue weighted by Gasteiger charge is -2.09. The molecule has 0 aliphatic heterocycles. The molecule has 0 amide bonds. The van der Waals surface area contributed by atoms with Crippen molar-refractivity contribution in [2.24, 2.45) is 0 Å². The topological polar surface area (TPSA) is 89.7 Å². The Bertz CT molecular complexity index is 989. The van der Waals surface area contributed by atoms with Crippen molar-refractivity contribution in [2.45, 2.75) is 135 Å². The van der Waals surface area contributed by atoms with Crippen molar-refractivity contribution in [1.82, 2.24) is 0 Å². The number of benzene rings is 2. The second-order valence-electron chi connectivity index (χ2n) is 11.4. The number of carbonyl (C=O) groups is 1. The molecule has 228 valence electrons. The summed E-state index contributed by atoms with van der Waals surface area (Å²) >= 11 is 0. The molecule has 2 aromatic carbocycles. The van der Waals surface area contributed by atoms with E-state index in [1.807, 2.05) is 0 Å². The van der Waals surface area contributed by atoms with Crippen LogP contribution in [0.2, 0.25) is 0 Å². The fourth-order valence-electron chi connectivity index (χ4n) is 5.31. The van der Waals surface area contributed by atoms with Gasteiger partial charge in [0.1, 0.15) is 0 Å². The van der Waals surface area contributed by atoms with E-state index in [1.54, 1.807) is 24.3 Å². The third kappa shape index (κ3) is 15.1. The van der Waals surface area contributed by atoms with Crippen molar-refractivity contribution >= 4 is 11.7 Å². The Balaban J connectivity index is 1.46. The highest BCUT2D eigenvalue weighted by atomic mass is 16.6. The van der Waals surface area contributed by atoms with Crippen LogP contribution in [0.4, 0.5) is 5.69 Å². The summed E-state index contributed by atoms with van der Waals surface area (Å²) < 4.78 is 5.76. The van der Waals surface area contributed by atoms with Gasteiger partial charge in [0.25, 0.3) is 0 Å². The van der Waals surface area contributed by atoms with E-state index in [0.29, 0.717) is 12.2 Å². The molecule has 6 nitrogen and oxygen atoms in total. The largest absolute Gasteiger partial charge is 0.487 e. The van der Waals surface area contributed by atoms with Gasteiger partial charge in [-0.1, -0.05) is 147 Å². The summed E-state index contributed by atoms with van der Waals surface area (Å²) in [7, 11) is 0. The number of carboxylic acids is 1. The van der Waals surface area contributed by atoms with Gasteiger partial charge in [0.05, 0.1) is 17.1 Å². The van der Waals surface area contributed by atoms with E-state index in [0.717, 1.165) is 18.4 Å². The summed E-state index contributed by atoms with van der Waals surface area (Å²) in [6.07, 6.45) is 26.7. The zero-order valence-corrected chi connectivity index (χ0v) is 25.4. The van der Waals surface area contributed by atoms with Crippen molar-refractivity contribution in [3.8, 4) is 16.9 Å². The van der Waals surface area contributed by atoms with Gasteiger partial charge < -0.3 is 9.84 Å². The minimum atomic E-state index is -1.00. The molecule has 0 unspecified atom stereocenters. The van der Waals surface area contributed by atoms with E-state index in [4.69, 9.17) is 9.84 Å². The van der Waals surface area contributed by atoms with Crippen LogP contribution in [-0.4, -0.2) is 22.6 Å². The smallest absolute Gasteiger partial charge is 0.335 e. The molecule has 1 N–H and O–H groups in total. The van der Waals surface area contributed by atoms with Crippen molar-refractivity contribution in [2.75, 3.05) is 6.61 Å². The molecule has 0 bridgehead atoms. The summed E-state index contributed by atoms with van der Waals surface area (Å²) in [5.74, 6) is -0.727. The zero-order chi connectivity index (χ0) is 29.5. The van der Waals surface area contributed by atoms with Gasteiger partial charge in [-0.3, -0.25) is 10.1 Å². The van der Waals surface area contributed by atoms with Gasteiger partial charge in [-0.05, 0) is 35.7 Å². The number of ether oxygens (including phenoxy) is 1. The van der Waals surface area contributed by atoms with Gasteiger partial charge in [0.2, 0.25) is 0 Å². The molecular weight excluding hydrogens is 514 g/mol. The highest BCUT2D eigenvalue weighted by Gasteiger charge is 2.17. The Kier molecular flexibility index (Phi) is 18.2. The van der Waals surface area contributed by atoms with Gasteiger partial charge in [-0.2, -0.15) is 0 Å². The van der Waals surface area contributed by atoms with Crippen molar-refractivity contribution < 1.29 is 19.6 Å². The Morgan fingerprint density at radius 3 is 1.49 bits per heavy atom. The lowest BCUT2D eigenvalue weighted by Crippen LogP contribution is -2.01. The number of hydrogen-bond donors (Lipinski definition) is 1. The first-order valence-electron chi connectivity index (χ1n) is 16.3. The maximum absolute atomic E-state index is 11.6. The number of rotatable bonds is 25. The van der Waals surface area contributed by atoms with E-state index in [9.17, 15) is 14.9 Å². The summed E-state index contributed by atoms with van der Waals surface area (Å²) in [6, 6.07) is 11.2. The number of nitro benzene ring substituents is 1. The fraction of sp³-hybridized carbons (Fsp3) is 0.629. The monoisotopic (exact) mass is 567 g/mol.